The summed E-state index contributed by atoms with van der Waals surface area (Å²) >= 11 is 0. The summed E-state index contributed by atoms with van der Waals surface area (Å²) in [6, 6.07) is 11.0. The molecule has 0 saturated heterocycles. The van der Waals surface area contributed by atoms with E-state index in [1.807, 2.05) is 30.3 Å². The van der Waals surface area contributed by atoms with Crippen LogP contribution in [0.25, 0.3) is 11.3 Å². The zero-order chi connectivity index (χ0) is 12.3. The third-order valence-corrected chi connectivity index (χ3v) is 2.35. The average molecular weight is 232 g/mol. The van der Waals surface area contributed by atoms with Crippen LogP contribution in [0.3, 0.4) is 0 Å². The molecule has 0 spiro atoms. The van der Waals surface area contributed by atoms with E-state index in [1.54, 1.807) is 6.07 Å². The van der Waals surface area contributed by atoms with Crippen molar-refractivity contribution in [2.75, 3.05) is 14.2 Å². The maximum atomic E-state index is 11.7. The van der Waals surface area contributed by atoms with Crippen molar-refractivity contribution in [2.24, 2.45) is 0 Å². The first-order chi connectivity index (χ1) is 8.22. The molecule has 1 aromatic carbocycles. The minimum atomic E-state index is -0.349. The molecule has 0 radical (unpaired) electrons. The lowest BCUT2D eigenvalue weighted by Gasteiger charge is -2.10. The molecule has 1 heterocycles. The smallest absolute Gasteiger partial charge is 0.299 e. The Hall–Kier alpha value is -2.14. The Labute approximate surface area is 98.5 Å². The van der Waals surface area contributed by atoms with Gasteiger partial charge in [-0.05, 0) is 0 Å². The van der Waals surface area contributed by atoms with Crippen LogP contribution in [-0.2, 0) is 4.84 Å². The summed E-state index contributed by atoms with van der Waals surface area (Å²) in [5.74, 6) is 0.205. The molecule has 17 heavy (non-hydrogen) atoms. The van der Waals surface area contributed by atoms with E-state index in [2.05, 4.69) is 5.16 Å². The van der Waals surface area contributed by atoms with Gasteiger partial charge >= 0.3 is 0 Å². The van der Waals surface area contributed by atoms with Gasteiger partial charge in [0, 0.05) is 18.7 Å². The normalized spacial score (nSPS) is 10.2. The minimum Gasteiger partial charge on any atom is -0.355 e. The fourth-order valence-corrected chi connectivity index (χ4v) is 1.36. The molecule has 0 aliphatic carbocycles. The third kappa shape index (κ3) is 2.34. The van der Waals surface area contributed by atoms with E-state index in [4.69, 9.17) is 9.36 Å². The maximum Gasteiger partial charge on any atom is 0.299 e. The van der Waals surface area contributed by atoms with Gasteiger partial charge in [-0.25, -0.2) is 5.06 Å². The quantitative estimate of drug-likeness (QED) is 0.759. The Morgan fingerprint density at radius 1 is 1.35 bits per heavy atom. The zero-order valence-electron chi connectivity index (χ0n) is 9.58. The second-order valence-electron chi connectivity index (χ2n) is 3.43. The lowest BCUT2D eigenvalue weighted by Crippen LogP contribution is -2.25. The van der Waals surface area contributed by atoms with Crippen LogP contribution >= 0.6 is 0 Å². The number of amides is 1. The van der Waals surface area contributed by atoms with Crippen LogP contribution in [0.15, 0.2) is 40.9 Å². The molecule has 0 saturated carbocycles. The van der Waals surface area contributed by atoms with Crippen molar-refractivity contribution < 1.29 is 14.2 Å². The molecule has 0 fully saturated rings. The highest BCUT2D eigenvalue weighted by molar-refractivity contribution is 5.92. The van der Waals surface area contributed by atoms with Crippen LogP contribution in [0.5, 0.6) is 0 Å². The number of hydrogen-bond donors (Lipinski definition) is 0. The lowest BCUT2D eigenvalue weighted by molar-refractivity contribution is -0.0762. The van der Waals surface area contributed by atoms with Gasteiger partial charge in [0.25, 0.3) is 5.91 Å². The molecule has 0 aliphatic heterocycles. The van der Waals surface area contributed by atoms with E-state index in [0.29, 0.717) is 5.76 Å². The second-order valence-corrected chi connectivity index (χ2v) is 3.43. The second kappa shape index (κ2) is 4.80. The van der Waals surface area contributed by atoms with Crippen LogP contribution in [0.4, 0.5) is 0 Å². The van der Waals surface area contributed by atoms with Gasteiger partial charge in [0.2, 0.25) is 0 Å². The summed E-state index contributed by atoms with van der Waals surface area (Å²) in [4.78, 5) is 16.5. The number of benzene rings is 1. The fraction of sp³-hybridized carbons (Fsp3) is 0.167. The number of rotatable bonds is 3. The van der Waals surface area contributed by atoms with Crippen LogP contribution in [0, 0.1) is 0 Å². The van der Waals surface area contributed by atoms with Gasteiger partial charge in [-0.3, -0.25) is 9.63 Å². The van der Waals surface area contributed by atoms with Crippen LogP contribution < -0.4 is 0 Å². The van der Waals surface area contributed by atoms with E-state index in [0.717, 1.165) is 10.6 Å². The topological polar surface area (TPSA) is 55.6 Å². The van der Waals surface area contributed by atoms with Crippen molar-refractivity contribution in [2.45, 2.75) is 0 Å². The Bertz CT molecular complexity index is 507. The number of carbonyl (C=O) groups is 1. The molecule has 0 atom stereocenters. The van der Waals surface area contributed by atoms with E-state index >= 15 is 0 Å². The van der Waals surface area contributed by atoms with Gasteiger partial charge in [-0.15, -0.1) is 0 Å². The van der Waals surface area contributed by atoms with Crippen molar-refractivity contribution in [3.63, 3.8) is 0 Å². The van der Waals surface area contributed by atoms with Crippen molar-refractivity contribution in [1.29, 1.82) is 0 Å². The summed E-state index contributed by atoms with van der Waals surface area (Å²) in [5.41, 5.74) is 1.09. The Morgan fingerprint density at radius 3 is 2.71 bits per heavy atom. The van der Waals surface area contributed by atoms with Crippen LogP contribution in [0.1, 0.15) is 10.5 Å². The van der Waals surface area contributed by atoms with E-state index < -0.39 is 0 Å². The number of carbonyl (C=O) groups excluding carboxylic acids is 1. The summed E-state index contributed by atoms with van der Waals surface area (Å²) in [6.45, 7) is 0. The molecule has 1 amide bonds. The molecule has 0 unspecified atom stereocenters. The van der Waals surface area contributed by atoms with E-state index in [-0.39, 0.29) is 11.6 Å². The molecule has 0 N–H and O–H groups in total. The molecular weight excluding hydrogens is 220 g/mol. The summed E-state index contributed by atoms with van der Waals surface area (Å²) in [7, 11) is 2.93. The van der Waals surface area contributed by atoms with Crippen molar-refractivity contribution in [3.05, 3.63) is 42.1 Å². The molecule has 88 valence electrons. The molecule has 0 aliphatic rings. The van der Waals surface area contributed by atoms with Crippen LogP contribution in [-0.4, -0.2) is 30.3 Å². The molecular formula is C12H12N2O3. The highest BCUT2D eigenvalue weighted by atomic mass is 16.7. The third-order valence-electron chi connectivity index (χ3n) is 2.35. The number of aromatic nitrogens is 1. The Kier molecular flexibility index (Phi) is 3.20. The largest absolute Gasteiger partial charge is 0.355 e. The number of hydroxylamine groups is 2. The average Bonchev–Trinajstić information content (AvgIpc) is 2.87. The first kappa shape index (κ1) is 11.3. The Balaban J connectivity index is 2.25. The van der Waals surface area contributed by atoms with Crippen molar-refractivity contribution >= 4 is 5.91 Å². The van der Waals surface area contributed by atoms with Crippen molar-refractivity contribution in [3.8, 4) is 11.3 Å². The summed E-state index contributed by atoms with van der Waals surface area (Å²) in [6.07, 6.45) is 0. The summed E-state index contributed by atoms with van der Waals surface area (Å²) < 4.78 is 5.11. The predicted octanol–water partition coefficient (Wildman–Crippen LogP) is 1.97. The van der Waals surface area contributed by atoms with Gasteiger partial charge in [0.15, 0.2) is 11.5 Å². The zero-order valence-corrected chi connectivity index (χ0v) is 9.58. The first-order valence-corrected chi connectivity index (χ1v) is 5.06. The van der Waals surface area contributed by atoms with Gasteiger partial charge in [0.05, 0.1) is 7.11 Å². The highest BCUT2D eigenvalue weighted by Gasteiger charge is 2.17. The SMILES string of the molecule is CON(C)C(=O)c1cc(-c2ccccc2)on1. The minimum absolute atomic E-state index is 0.216. The van der Waals surface area contributed by atoms with Crippen molar-refractivity contribution in [1.82, 2.24) is 10.2 Å². The first-order valence-electron chi connectivity index (χ1n) is 5.06. The van der Waals surface area contributed by atoms with Gasteiger partial charge in [0.1, 0.15) is 0 Å². The highest BCUT2D eigenvalue weighted by Crippen LogP contribution is 2.20. The molecule has 0 bridgehead atoms. The predicted molar refractivity (Wildman–Crippen MR) is 61.0 cm³/mol. The number of nitrogens with zero attached hydrogens (tertiary/aromatic N) is 2. The molecule has 2 rings (SSSR count). The van der Waals surface area contributed by atoms with Gasteiger partial charge in [-0.2, -0.15) is 0 Å². The lowest BCUT2D eigenvalue weighted by atomic mass is 10.1. The Morgan fingerprint density at radius 2 is 2.06 bits per heavy atom. The molecule has 5 heteroatoms. The standard InChI is InChI=1S/C12H12N2O3/c1-14(16-2)12(15)10-8-11(17-13-10)9-6-4-3-5-7-9/h3-8H,1-2H3. The number of hydrogen-bond acceptors (Lipinski definition) is 4. The van der Waals surface area contributed by atoms with Gasteiger partial charge < -0.3 is 4.52 Å². The monoisotopic (exact) mass is 232 g/mol. The van der Waals surface area contributed by atoms with Gasteiger partial charge in [-0.1, -0.05) is 35.5 Å². The fourth-order valence-electron chi connectivity index (χ4n) is 1.36. The van der Waals surface area contributed by atoms with E-state index in [1.165, 1.54) is 14.2 Å². The molecule has 5 nitrogen and oxygen atoms in total. The van der Waals surface area contributed by atoms with Crippen LogP contribution in [0.2, 0.25) is 0 Å². The maximum absolute atomic E-state index is 11.7. The molecule has 2 aromatic rings. The van der Waals surface area contributed by atoms with E-state index in [9.17, 15) is 4.79 Å². The summed E-state index contributed by atoms with van der Waals surface area (Å²) in [5, 5.41) is 4.81. The molecule has 1 aromatic heterocycles.